The minimum absolute atomic E-state index is 0.0962. The average Bonchev–Trinajstić information content (AvgIpc) is 2.99. The Morgan fingerprint density at radius 2 is 2.08 bits per heavy atom. The number of anilines is 1. The highest BCUT2D eigenvalue weighted by Crippen LogP contribution is 2.21. The average molecular weight is 328 g/mol. The lowest BCUT2D eigenvalue weighted by Crippen LogP contribution is -2.38. The van der Waals surface area contributed by atoms with Gasteiger partial charge >= 0.3 is 0 Å². The summed E-state index contributed by atoms with van der Waals surface area (Å²) in [5, 5.41) is 2.78. The second kappa shape index (κ2) is 7.27. The van der Waals surface area contributed by atoms with E-state index in [9.17, 15) is 9.59 Å². The molecule has 1 aromatic heterocycles. The fourth-order valence-corrected chi connectivity index (χ4v) is 2.69. The van der Waals surface area contributed by atoms with Gasteiger partial charge < -0.3 is 15.0 Å². The van der Waals surface area contributed by atoms with Gasteiger partial charge in [0, 0.05) is 38.4 Å². The van der Waals surface area contributed by atoms with Crippen LogP contribution < -0.4 is 15.8 Å². The number of ether oxygens (including phenoxy) is 1. The number of nitrogens with zero attached hydrogens (tertiary/aromatic N) is 3. The third-order valence-electron chi connectivity index (χ3n) is 3.90. The summed E-state index contributed by atoms with van der Waals surface area (Å²) in [4.78, 5) is 30.8. The van der Waals surface area contributed by atoms with E-state index in [2.05, 4.69) is 10.3 Å². The van der Waals surface area contributed by atoms with Crippen molar-refractivity contribution in [2.24, 2.45) is 0 Å². The summed E-state index contributed by atoms with van der Waals surface area (Å²) >= 11 is 0. The molecular formula is C17H20N4O3. The summed E-state index contributed by atoms with van der Waals surface area (Å²) in [6.45, 7) is 2.25. The van der Waals surface area contributed by atoms with Crippen molar-refractivity contribution in [1.82, 2.24) is 14.9 Å². The molecule has 0 saturated carbocycles. The lowest BCUT2D eigenvalue weighted by Gasteiger charge is -2.17. The molecule has 0 unspecified atom stereocenters. The van der Waals surface area contributed by atoms with E-state index >= 15 is 0 Å². The number of nitrogens with one attached hydrogen (secondary N) is 1. The molecule has 1 aromatic carbocycles. The molecule has 0 fully saturated rings. The Kier molecular flexibility index (Phi) is 4.90. The van der Waals surface area contributed by atoms with Crippen LogP contribution in [0.4, 0.5) is 5.95 Å². The van der Waals surface area contributed by atoms with Crippen molar-refractivity contribution < 1.29 is 9.53 Å². The molecule has 0 aliphatic carbocycles. The van der Waals surface area contributed by atoms with Gasteiger partial charge in [0.25, 0.3) is 5.56 Å². The van der Waals surface area contributed by atoms with Crippen molar-refractivity contribution in [2.75, 3.05) is 38.3 Å². The van der Waals surface area contributed by atoms with Gasteiger partial charge in [-0.05, 0) is 0 Å². The predicted molar refractivity (Wildman–Crippen MR) is 91.0 cm³/mol. The summed E-state index contributed by atoms with van der Waals surface area (Å²) in [6.07, 6.45) is 0. The lowest BCUT2D eigenvalue weighted by atomic mass is 10.1. The maximum absolute atomic E-state index is 12.3. The number of methoxy groups -OCH3 is 1. The number of amides is 1. The zero-order valence-electron chi connectivity index (χ0n) is 13.6. The zero-order valence-corrected chi connectivity index (χ0v) is 13.6. The highest BCUT2D eigenvalue weighted by molar-refractivity contribution is 5.81. The third-order valence-corrected chi connectivity index (χ3v) is 3.90. The smallest absolute Gasteiger partial charge is 0.255 e. The Balaban J connectivity index is 1.81. The van der Waals surface area contributed by atoms with Crippen LogP contribution in [0.2, 0.25) is 0 Å². The summed E-state index contributed by atoms with van der Waals surface area (Å²) in [7, 11) is 1.59. The van der Waals surface area contributed by atoms with E-state index in [1.165, 1.54) is 0 Å². The van der Waals surface area contributed by atoms with E-state index in [1.54, 1.807) is 17.7 Å². The Bertz CT molecular complexity index is 773. The normalized spacial score (nSPS) is 13.0. The van der Waals surface area contributed by atoms with Crippen molar-refractivity contribution in [2.45, 2.75) is 6.54 Å². The Morgan fingerprint density at radius 1 is 1.29 bits per heavy atom. The number of carbonyl (C=O) groups is 1. The first-order valence-corrected chi connectivity index (χ1v) is 7.87. The number of fused-ring (bicyclic) bond motifs is 1. The molecule has 1 N–H and O–H groups in total. The fraction of sp³-hybridized carbons (Fsp3) is 0.353. The van der Waals surface area contributed by atoms with Crippen LogP contribution in [0.1, 0.15) is 0 Å². The molecule has 0 spiro atoms. The maximum atomic E-state index is 12.3. The van der Waals surface area contributed by atoms with Crippen LogP contribution in [-0.2, 0) is 16.1 Å². The van der Waals surface area contributed by atoms with Crippen LogP contribution in [0, 0.1) is 0 Å². The first-order valence-electron chi connectivity index (χ1n) is 7.87. The van der Waals surface area contributed by atoms with Gasteiger partial charge in [0.1, 0.15) is 0 Å². The van der Waals surface area contributed by atoms with Crippen molar-refractivity contribution in [3.05, 3.63) is 46.8 Å². The second-order valence-corrected chi connectivity index (χ2v) is 5.56. The minimum atomic E-state index is -0.111. The van der Waals surface area contributed by atoms with Crippen LogP contribution in [0.15, 0.2) is 41.2 Å². The van der Waals surface area contributed by atoms with Crippen LogP contribution in [-0.4, -0.2) is 48.8 Å². The van der Waals surface area contributed by atoms with E-state index in [4.69, 9.17) is 4.74 Å². The van der Waals surface area contributed by atoms with E-state index in [0.29, 0.717) is 37.9 Å². The molecule has 1 aliphatic heterocycles. The molecule has 1 amide bonds. The molecule has 2 heterocycles. The van der Waals surface area contributed by atoms with Crippen molar-refractivity contribution in [1.29, 1.82) is 0 Å². The molecule has 0 bridgehead atoms. The molecule has 7 nitrogen and oxygen atoms in total. The molecule has 0 saturated heterocycles. The Hall–Kier alpha value is -2.67. The third kappa shape index (κ3) is 3.46. The number of hydrogen-bond donors (Lipinski definition) is 1. The van der Waals surface area contributed by atoms with Gasteiger partial charge in [0.2, 0.25) is 11.9 Å². The van der Waals surface area contributed by atoms with Crippen molar-refractivity contribution >= 4 is 11.9 Å². The Labute approximate surface area is 139 Å². The highest BCUT2D eigenvalue weighted by Gasteiger charge is 2.24. The van der Waals surface area contributed by atoms with E-state index < -0.39 is 0 Å². The molecule has 2 aromatic rings. The van der Waals surface area contributed by atoms with Crippen molar-refractivity contribution in [3.63, 3.8) is 0 Å². The number of hydrogen-bond acceptors (Lipinski definition) is 5. The van der Waals surface area contributed by atoms with Crippen LogP contribution in [0.5, 0.6) is 0 Å². The van der Waals surface area contributed by atoms with Crippen LogP contribution in [0.25, 0.3) is 11.3 Å². The van der Waals surface area contributed by atoms with Gasteiger partial charge in [-0.2, -0.15) is 0 Å². The zero-order chi connectivity index (χ0) is 16.9. The Morgan fingerprint density at radius 3 is 2.83 bits per heavy atom. The molecule has 0 atom stereocenters. The summed E-state index contributed by atoms with van der Waals surface area (Å²) in [5.41, 5.74) is 1.41. The number of rotatable bonds is 6. The topological polar surface area (TPSA) is 76.5 Å². The van der Waals surface area contributed by atoms with Gasteiger partial charge in [-0.1, -0.05) is 30.3 Å². The minimum Gasteiger partial charge on any atom is -0.383 e. The number of benzene rings is 1. The molecule has 3 rings (SSSR count). The summed E-state index contributed by atoms with van der Waals surface area (Å²) in [5.74, 6) is 0.433. The first-order chi connectivity index (χ1) is 11.7. The van der Waals surface area contributed by atoms with E-state index in [0.717, 1.165) is 5.56 Å². The lowest BCUT2D eigenvalue weighted by molar-refractivity contribution is -0.119. The molecule has 126 valence electrons. The van der Waals surface area contributed by atoms with Gasteiger partial charge in [-0.3, -0.25) is 14.2 Å². The molecular weight excluding hydrogens is 308 g/mol. The van der Waals surface area contributed by atoms with Gasteiger partial charge in [0.05, 0.1) is 18.8 Å². The van der Waals surface area contributed by atoms with Crippen molar-refractivity contribution in [3.8, 4) is 11.3 Å². The molecule has 0 radical (unpaired) electrons. The standard InChI is InChI=1S/C17H20N4O3/c1-24-10-7-18-15(22)12-20-8-9-21-16(23)11-14(19-17(20)21)13-5-3-2-4-6-13/h2-6,11H,7-10,12H2,1H3,(H,18,22). The van der Waals surface area contributed by atoms with E-state index in [-0.39, 0.29) is 18.0 Å². The molecule has 24 heavy (non-hydrogen) atoms. The monoisotopic (exact) mass is 328 g/mol. The van der Waals surface area contributed by atoms with Gasteiger partial charge in [-0.25, -0.2) is 4.98 Å². The second-order valence-electron chi connectivity index (χ2n) is 5.56. The van der Waals surface area contributed by atoms with E-state index in [1.807, 2.05) is 35.2 Å². The largest absolute Gasteiger partial charge is 0.383 e. The molecule has 7 heteroatoms. The first kappa shape index (κ1) is 16.2. The highest BCUT2D eigenvalue weighted by atomic mass is 16.5. The number of aromatic nitrogens is 2. The predicted octanol–water partition coefficient (Wildman–Crippen LogP) is 0.493. The molecule has 1 aliphatic rings. The fourth-order valence-electron chi connectivity index (χ4n) is 2.69. The quantitative estimate of drug-likeness (QED) is 0.781. The maximum Gasteiger partial charge on any atom is 0.255 e. The van der Waals surface area contributed by atoms with Crippen LogP contribution >= 0.6 is 0 Å². The summed E-state index contributed by atoms with van der Waals surface area (Å²) in [6, 6.07) is 11.1. The SMILES string of the molecule is COCCNC(=O)CN1CCn2c1nc(-c1ccccc1)cc2=O. The van der Waals surface area contributed by atoms with Gasteiger partial charge in [0.15, 0.2) is 0 Å². The van der Waals surface area contributed by atoms with Crippen LogP contribution in [0.3, 0.4) is 0 Å². The van der Waals surface area contributed by atoms with Gasteiger partial charge in [-0.15, -0.1) is 0 Å². The number of carbonyl (C=O) groups excluding carboxylic acids is 1. The summed E-state index contributed by atoms with van der Waals surface area (Å²) < 4.78 is 6.52.